The normalized spacial score (nSPS) is 26.4. The van der Waals surface area contributed by atoms with Gasteiger partial charge in [0.2, 0.25) is 0 Å². The van der Waals surface area contributed by atoms with E-state index >= 15 is 0 Å². The Hall–Kier alpha value is -1.15. The fourth-order valence-electron chi connectivity index (χ4n) is 1.20. The molecule has 3 heteroatoms. The number of fused-ring (bicyclic) bond motifs is 1. The Labute approximate surface area is 74.9 Å². The molecule has 1 aliphatic carbocycles. The number of halogens is 1. The maximum absolute atomic E-state index is 11.2. The molecular weight excluding hydrogens is 174 g/mol. The number of carbonyl (C=O) groups excluding carboxylic acids is 1. The van der Waals surface area contributed by atoms with Crippen LogP contribution in [0.25, 0.3) is 0 Å². The zero-order valence-corrected chi connectivity index (χ0v) is 6.95. The maximum Gasteiger partial charge on any atom is 0.189 e. The summed E-state index contributed by atoms with van der Waals surface area (Å²) in [4.78, 5) is 15.3. The van der Waals surface area contributed by atoms with E-state index in [2.05, 4.69) is 4.99 Å². The molecule has 0 aromatic carbocycles. The summed E-state index contributed by atoms with van der Waals surface area (Å²) >= 11 is 5.91. The van der Waals surface area contributed by atoms with Gasteiger partial charge >= 0.3 is 0 Å². The molecule has 12 heavy (non-hydrogen) atoms. The summed E-state index contributed by atoms with van der Waals surface area (Å²) in [5, 5.41) is -0.265. The first-order chi connectivity index (χ1) is 5.79. The van der Waals surface area contributed by atoms with Crippen molar-refractivity contribution in [1.82, 2.24) is 0 Å². The molecule has 0 radical (unpaired) electrons. The largest absolute Gasteiger partial charge is 0.289 e. The van der Waals surface area contributed by atoms with Crippen LogP contribution in [0.2, 0.25) is 0 Å². The van der Waals surface area contributed by atoms with E-state index < -0.39 is 0 Å². The van der Waals surface area contributed by atoms with E-state index in [9.17, 15) is 4.79 Å². The number of ketones is 1. The first-order valence-corrected chi connectivity index (χ1v) is 4.04. The molecule has 1 atom stereocenters. The molecule has 2 rings (SSSR count). The van der Waals surface area contributed by atoms with Crippen molar-refractivity contribution in [3.05, 3.63) is 36.1 Å². The van der Waals surface area contributed by atoms with E-state index in [0.717, 1.165) is 0 Å². The van der Waals surface area contributed by atoms with Crippen LogP contribution in [0.3, 0.4) is 0 Å². The molecule has 0 bridgehead atoms. The predicted molar refractivity (Wildman–Crippen MR) is 48.4 cm³/mol. The Morgan fingerprint density at radius 1 is 1.50 bits per heavy atom. The zero-order chi connectivity index (χ0) is 8.55. The second-order valence-corrected chi connectivity index (χ2v) is 3.03. The summed E-state index contributed by atoms with van der Waals surface area (Å²) in [6.45, 7) is 0. The lowest BCUT2D eigenvalue weighted by Crippen LogP contribution is -2.23. The Morgan fingerprint density at radius 2 is 2.33 bits per heavy atom. The van der Waals surface area contributed by atoms with E-state index in [4.69, 9.17) is 11.6 Å². The summed E-state index contributed by atoms with van der Waals surface area (Å²) in [6.07, 6.45) is 8.25. The fourth-order valence-corrected chi connectivity index (χ4v) is 1.46. The average Bonchev–Trinajstić information content (AvgIpc) is 2.07. The topological polar surface area (TPSA) is 29.4 Å². The molecule has 1 heterocycles. The van der Waals surface area contributed by atoms with Crippen molar-refractivity contribution >= 4 is 23.1 Å². The van der Waals surface area contributed by atoms with Gasteiger partial charge in [0.15, 0.2) is 5.78 Å². The van der Waals surface area contributed by atoms with Gasteiger partial charge in [-0.1, -0.05) is 12.2 Å². The van der Waals surface area contributed by atoms with Crippen LogP contribution < -0.4 is 0 Å². The second-order valence-electron chi connectivity index (χ2n) is 2.56. The Kier molecular flexibility index (Phi) is 1.70. The number of aliphatic imine (C=N–C) groups is 1. The minimum absolute atomic E-state index is 0.0185. The van der Waals surface area contributed by atoms with Crippen LogP contribution in [0, 0.1) is 0 Å². The van der Waals surface area contributed by atoms with Gasteiger partial charge in [-0.3, -0.25) is 9.79 Å². The molecule has 60 valence electrons. The van der Waals surface area contributed by atoms with Gasteiger partial charge < -0.3 is 0 Å². The summed E-state index contributed by atoms with van der Waals surface area (Å²) in [7, 11) is 0. The number of hydrogen-bond acceptors (Lipinski definition) is 2. The number of carbonyl (C=O) groups is 1. The first kappa shape index (κ1) is 7.50. The molecule has 0 amide bonds. The Balaban J connectivity index is 2.50. The lowest BCUT2D eigenvalue weighted by Gasteiger charge is -2.15. The molecule has 2 aliphatic rings. The highest BCUT2D eigenvalue weighted by atomic mass is 35.5. The Morgan fingerprint density at radius 3 is 3.08 bits per heavy atom. The lowest BCUT2D eigenvalue weighted by atomic mass is 9.97. The summed E-state index contributed by atoms with van der Waals surface area (Å²) in [6, 6.07) is 0. The van der Waals surface area contributed by atoms with E-state index in [0.29, 0.717) is 11.3 Å². The summed E-state index contributed by atoms with van der Waals surface area (Å²) < 4.78 is 0. The summed E-state index contributed by atoms with van der Waals surface area (Å²) in [5.41, 5.74) is 1.27. The fraction of sp³-hybridized carbons (Fsp3) is 0.111. The average molecular weight is 180 g/mol. The van der Waals surface area contributed by atoms with Crippen LogP contribution >= 0.6 is 11.6 Å². The van der Waals surface area contributed by atoms with E-state index in [1.807, 2.05) is 0 Å². The molecular formula is C9H6ClNO. The molecule has 0 fully saturated rings. The molecule has 0 N–H and O–H groups in total. The highest BCUT2D eigenvalue weighted by molar-refractivity contribution is 6.43. The van der Waals surface area contributed by atoms with Gasteiger partial charge in [-0.2, -0.15) is 0 Å². The van der Waals surface area contributed by atoms with Gasteiger partial charge in [0.1, 0.15) is 0 Å². The molecule has 0 saturated heterocycles. The van der Waals surface area contributed by atoms with E-state index in [-0.39, 0.29) is 11.2 Å². The third-order valence-electron chi connectivity index (χ3n) is 1.79. The standard InChI is InChI=1S/C9H6ClNO/c10-7-3-1-2-6-8(12)4-5-11-9(6)7/h1-5,7H. The van der Waals surface area contributed by atoms with Crippen LogP contribution in [0.4, 0.5) is 0 Å². The van der Waals surface area contributed by atoms with Crippen molar-refractivity contribution in [3.8, 4) is 0 Å². The molecule has 0 aromatic heterocycles. The minimum atomic E-state index is -0.265. The smallest absolute Gasteiger partial charge is 0.189 e. The number of nitrogens with zero attached hydrogens (tertiary/aromatic N) is 1. The van der Waals surface area contributed by atoms with Crippen LogP contribution in [0.1, 0.15) is 0 Å². The molecule has 1 unspecified atom stereocenters. The van der Waals surface area contributed by atoms with Gasteiger partial charge in [-0.15, -0.1) is 11.6 Å². The highest BCUT2D eigenvalue weighted by Crippen LogP contribution is 2.19. The van der Waals surface area contributed by atoms with Crippen molar-refractivity contribution in [2.24, 2.45) is 4.99 Å². The van der Waals surface area contributed by atoms with Crippen LogP contribution in [0.5, 0.6) is 0 Å². The van der Waals surface area contributed by atoms with Crippen molar-refractivity contribution in [1.29, 1.82) is 0 Å². The third-order valence-corrected chi connectivity index (χ3v) is 2.14. The highest BCUT2D eigenvalue weighted by Gasteiger charge is 2.23. The van der Waals surface area contributed by atoms with Gasteiger partial charge in [0.25, 0.3) is 0 Å². The van der Waals surface area contributed by atoms with E-state index in [1.54, 1.807) is 18.2 Å². The number of rotatable bonds is 0. The first-order valence-electron chi connectivity index (χ1n) is 3.60. The SMILES string of the molecule is O=C1C=CN=C2C1=CC=CC2Cl. The van der Waals surface area contributed by atoms with Gasteiger partial charge in [0, 0.05) is 17.8 Å². The molecule has 1 aliphatic heterocycles. The van der Waals surface area contributed by atoms with Gasteiger partial charge in [-0.25, -0.2) is 0 Å². The quantitative estimate of drug-likeness (QED) is 0.520. The van der Waals surface area contributed by atoms with Gasteiger partial charge in [-0.05, 0) is 6.08 Å². The Bertz CT molecular complexity index is 350. The maximum atomic E-state index is 11.2. The molecule has 0 saturated carbocycles. The number of allylic oxidation sites excluding steroid dienone is 5. The van der Waals surface area contributed by atoms with Crippen molar-refractivity contribution < 1.29 is 4.79 Å². The third kappa shape index (κ3) is 1.04. The predicted octanol–water partition coefficient (Wildman–Crippen LogP) is 1.63. The lowest BCUT2D eigenvalue weighted by molar-refractivity contribution is -0.110. The summed E-state index contributed by atoms with van der Waals surface area (Å²) in [5.74, 6) is -0.0185. The monoisotopic (exact) mass is 179 g/mol. The molecule has 2 nitrogen and oxygen atoms in total. The minimum Gasteiger partial charge on any atom is -0.289 e. The second kappa shape index (κ2) is 2.72. The van der Waals surface area contributed by atoms with Crippen molar-refractivity contribution in [2.45, 2.75) is 5.38 Å². The number of alkyl halides is 1. The van der Waals surface area contributed by atoms with Crippen LogP contribution in [-0.4, -0.2) is 16.9 Å². The van der Waals surface area contributed by atoms with Crippen LogP contribution in [-0.2, 0) is 4.79 Å². The number of hydrogen-bond donors (Lipinski definition) is 0. The molecule has 0 aromatic rings. The van der Waals surface area contributed by atoms with Crippen molar-refractivity contribution in [2.75, 3.05) is 0 Å². The van der Waals surface area contributed by atoms with Crippen molar-refractivity contribution in [3.63, 3.8) is 0 Å². The van der Waals surface area contributed by atoms with Crippen LogP contribution in [0.15, 0.2) is 41.1 Å². The van der Waals surface area contributed by atoms with Gasteiger partial charge in [0.05, 0.1) is 11.1 Å². The zero-order valence-electron chi connectivity index (χ0n) is 6.20. The molecule has 0 spiro atoms. The van der Waals surface area contributed by atoms with E-state index in [1.165, 1.54) is 12.3 Å².